The number of halogens is 3. The van der Waals surface area contributed by atoms with Gasteiger partial charge in [-0.15, -0.1) is 0 Å². The normalized spacial score (nSPS) is 18.8. The zero-order chi connectivity index (χ0) is 15.6. The number of hydrogen-bond donors (Lipinski definition) is 1. The Kier molecular flexibility index (Phi) is 4.94. The van der Waals surface area contributed by atoms with Gasteiger partial charge < -0.3 is 5.32 Å². The Labute approximate surface area is 124 Å². The molecule has 0 aliphatic carbocycles. The molecule has 5 heteroatoms. The molecule has 0 aromatic heterocycles. The Morgan fingerprint density at radius 2 is 1.62 bits per heavy atom. The van der Waals surface area contributed by atoms with Crippen LogP contribution in [-0.2, 0) is 0 Å². The standard InChI is InChI=1S/C16H23F3N2/c1-11-8-12(2)15(13(3)9-11)14(10-16(17,18)19)21-6-4-20-5-7-21/h8-9,14,20H,4-7,10H2,1-3H3/t14-/m0/s1. The average molecular weight is 300 g/mol. The monoisotopic (exact) mass is 300 g/mol. The molecule has 1 N–H and O–H groups in total. The first-order chi connectivity index (χ1) is 9.78. The van der Waals surface area contributed by atoms with Gasteiger partial charge in [-0.3, -0.25) is 4.90 Å². The lowest BCUT2D eigenvalue weighted by Gasteiger charge is -2.37. The zero-order valence-electron chi connectivity index (χ0n) is 12.8. The Bertz CT molecular complexity index is 468. The van der Waals surface area contributed by atoms with Crippen LogP contribution in [0.4, 0.5) is 13.2 Å². The van der Waals surface area contributed by atoms with Crippen molar-refractivity contribution in [1.82, 2.24) is 10.2 Å². The first kappa shape index (κ1) is 16.3. The van der Waals surface area contributed by atoms with Gasteiger partial charge in [0, 0.05) is 32.2 Å². The molecule has 21 heavy (non-hydrogen) atoms. The molecule has 118 valence electrons. The molecule has 1 aliphatic heterocycles. The van der Waals surface area contributed by atoms with Crippen LogP contribution in [0.15, 0.2) is 12.1 Å². The van der Waals surface area contributed by atoms with Gasteiger partial charge in [0.25, 0.3) is 0 Å². The van der Waals surface area contributed by atoms with Crippen molar-refractivity contribution >= 4 is 0 Å². The minimum Gasteiger partial charge on any atom is -0.314 e. The van der Waals surface area contributed by atoms with Gasteiger partial charge >= 0.3 is 6.18 Å². The van der Waals surface area contributed by atoms with Crippen LogP contribution >= 0.6 is 0 Å². The number of nitrogens with zero attached hydrogens (tertiary/aromatic N) is 1. The van der Waals surface area contributed by atoms with Gasteiger partial charge in [0.1, 0.15) is 0 Å². The maximum absolute atomic E-state index is 13.0. The minimum atomic E-state index is -4.15. The van der Waals surface area contributed by atoms with Gasteiger partial charge in [0.2, 0.25) is 0 Å². The van der Waals surface area contributed by atoms with Crippen molar-refractivity contribution < 1.29 is 13.2 Å². The Morgan fingerprint density at radius 1 is 1.10 bits per heavy atom. The molecule has 1 heterocycles. The summed E-state index contributed by atoms with van der Waals surface area (Å²) < 4.78 is 39.1. The van der Waals surface area contributed by atoms with Gasteiger partial charge in [-0.05, 0) is 37.5 Å². The second kappa shape index (κ2) is 6.36. The summed E-state index contributed by atoms with van der Waals surface area (Å²) in [6, 6.07) is 3.38. The topological polar surface area (TPSA) is 15.3 Å². The van der Waals surface area contributed by atoms with E-state index in [9.17, 15) is 13.2 Å². The van der Waals surface area contributed by atoms with Gasteiger partial charge in [0.05, 0.1) is 6.42 Å². The fourth-order valence-electron chi connectivity index (χ4n) is 3.34. The van der Waals surface area contributed by atoms with Gasteiger partial charge in [-0.1, -0.05) is 17.7 Å². The van der Waals surface area contributed by atoms with Crippen molar-refractivity contribution in [2.45, 2.75) is 39.4 Å². The van der Waals surface area contributed by atoms with E-state index in [2.05, 4.69) is 5.32 Å². The first-order valence-corrected chi connectivity index (χ1v) is 7.37. The molecule has 1 aliphatic rings. The maximum Gasteiger partial charge on any atom is 0.390 e. The van der Waals surface area contributed by atoms with E-state index in [1.807, 2.05) is 37.8 Å². The molecular formula is C16H23F3N2. The lowest BCUT2D eigenvalue weighted by molar-refractivity contribution is -0.148. The summed E-state index contributed by atoms with van der Waals surface area (Å²) >= 11 is 0. The maximum atomic E-state index is 13.0. The van der Waals surface area contributed by atoms with Crippen molar-refractivity contribution in [2.24, 2.45) is 0 Å². The van der Waals surface area contributed by atoms with E-state index in [0.29, 0.717) is 13.1 Å². The highest BCUT2D eigenvalue weighted by molar-refractivity contribution is 5.40. The molecule has 1 fully saturated rings. The molecule has 0 saturated carbocycles. The van der Waals surface area contributed by atoms with Crippen molar-refractivity contribution in [3.8, 4) is 0 Å². The molecule has 1 aromatic carbocycles. The number of rotatable bonds is 3. The summed E-state index contributed by atoms with van der Waals surface area (Å²) in [6.45, 7) is 8.63. The predicted octanol–water partition coefficient (Wildman–Crippen LogP) is 3.51. The molecule has 0 spiro atoms. The van der Waals surface area contributed by atoms with Gasteiger partial charge in [0.15, 0.2) is 0 Å². The van der Waals surface area contributed by atoms with E-state index in [1.54, 1.807) is 0 Å². The van der Waals surface area contributed by atoms with Gasteiger partial charge in [-0.2, -0.15) is 13.2 Å². The minimum absolute atomic E-state index is 0.576. The number of piperazine rings is 1. The first-order valence-electron chi connectivity index (χ1n) is 7.37. The molecule has 1 aromatic rings. The molecule has 0 bridgehead atoms. The van der Waals surface area contributed by atoms with Crippen LogP contribution < -0.4 is 5.32 Å². The largest absolute Gasteiger partial charge is 0.390 e. The summed E-state index contributed by atoms with van der Waals surface area (Å²) in [5.41, 5.74) is 3.86. The van der Waals surface area contributed by atoms with E-state index in [1.165, 1.54) is 0 Å². The van der Waals surface area contributed by atoms with Crippen LogP contribution in [0.2, 0.25) is 0 Å². The number of aryl methyl sites for hydroxylation is 3. The van der Waals surface area contributed by atoms with Crippen LogP contribution in [0.25, 0.3) is 0 Å². The van der Waals surface area contributed by atoms with Crippen molar-refractivity contribution in [3.05, 3.63) is 34.4 Å². The molecule has 2 rings (SSSR count). The third-order valence-corrected chi connectivity index (χ3v) is 4.09. The van der Waals surface area contributed by atoms with Crippen LogP contribution in [-0.4, -0.2) is 37.3 Å². The van der Waals surface area contributed by atoms with Crippen LogP contribution in [0.3, 0.4) is 0 Å². The predicted molar refractivity (Wildman–Crippen MR) is 78.5 cm³/mol. The summed E-state index contributed by atoms with van der Waals surface area (Å²) in [4.78, 5) is 1.97. The highest BCUT2D eigenvalue weighted by Gasteiger charge is 2.37. The lowest BCUT2D eigenvalue weighted by Crippen LogP contribution is -2.46. The number of nitrogens with one attached hydrogen (secondary N) is 1. The summed E-state index contributed by atoms with van der Waals surface area (Å²) in [5, 5.41) is 3.20. The molecule has 1 saturated heterocycles. The SMILES string of the molecule is Cc1cc(C)c([C@H](CC(F)(F)F)N2CCNCC2)c(C)c1. The van der Waals surface area contributed by atoms with E-state index < -0.39 is 18.6 Å². The number of hydrogen-bond acceptors (Lipinski definition) is 2. The average Bonchev–Trinajstić information content (AvgIpc) is 2.36. The molecule has 0 unspecified atom stereocenters. The molecule has 1 atom stereocenters. The van der Waals surface area contributed by atoms with E-state index in [-0.39, 0.29) is 0 Å². The van der Waals surface area contributed by atoms with Gasteiger partial charge in [-0.25, -0.2) is 0 Å². The zero-order valence-corrected chi connectivity index (χ0v) is 12.8. The van der Waals surface area contributed by atoms with Crippen LogP contribution in [0.1, 0.15) is 34.7 Å². The smallest absolute Gasteiger partial charge is 0.314 e. The summed E-state index contributed by atoms with van der Waals surface area (Å²) in [6.07, 6.45) is -4.93. The third-order valence-electron chi connectivity index (χ3n) is 4.09. The lowest BCUT2D eigenvalue weighted by atomic mass is 9.91. The van der Waals surface area contributed by atoms with Crippen LogP contribution in [0.5, 0.6) is 0 Å². The number of alkyl halides is 3. The molecule has 2 nitrogen and oxygen atoms in total. The highest BCUT2D eigenvalue weighted by atomic mass is 19.4. The molecular weight excluding hydrogens is 277 g/mol. The second-order valence-corrected chi connectivity index (χ2v) is 5.93. The Morgan fingerprint density at radius 3 is 2.10 bits per heavy atom. The van der Waals surface area contributed by atoms with E-state index in [0.717, 1.165) is 35.3 Å². The number of benzene rings is 1. The van der Waals surface area contributed by atoms with Crippen molar-refractivity contribution in [3.63, 3.8) is 0 Å². The third kappa shape index (κ3) is 4.20. The fourth-order valence-corrected chi connectivity index (χ4v) is 3.34. The van der Waals surface area contributed by atoms with E-state index >= 15 is 0 Å². The summed E-state index contributed by atoms with van der Waals surface area (Å²) in [7, 11) is 0. The fraction of sp³-hybridized carbons (Fsp3) is 0.625. The van der Waals surface area contributed by atoms with Crippen molar-refractivity contribution in [2.75, 3.05) is 26.2 Å². The summed E-state index contributed by atoms with van der Waals surface area (Å²) in [5.74, 6) is 0. The molecule has 0 amide bonds. The Balaban J connectivity index is 2.39. The highest BCUT2D eigenvalue weighted by Crippen LogP contribution is 2.37. The quantitative estimate of drug-likeness (QED) is 0.919. The second-order valence-electron chi connectivity index (χ2n) is 5.93. The van der Waals surface area contributed by atoms with Crippen LogP contribution in [0, 0.1) is 20.8 Å². The molecule has 0 radical (unpaired) electrons. The Hall–Kier alpha value is -1.07. The van der Waals surface area contributed by atoms with E-state index in [4.69, 9.17) is 0 Å². The van der Waals surface area contributed by atoms with Crippen molar-refractivity contribution in [1.29, 1.82) is 0 Å².